The Kier molecular flexibility index (Phi) is 4.98. The molecule has 0 aromatic carbocycles. The second-order valence-electron chi connectivity index (χ2n) is 6.54. The predicted octanol–water partition coefficient (Wildman–Crippen LogP) is 0.772. The van der Waals surface area contributed by atoms with Gasteiger partial charge in [0.1, 0.15) is 17.2 Å². The molecule has 0 aliphatic carbocycles. The molecule has 3 heterocycles. The van der Waals surface area contributed by atoms with E-state index in [0.717, 1.165) is 22.8 Å². The Morgan fingerprint density at radius 1 is 1.44 bits per heavy atom. The summed E-state index contributed by atoms with van der Waals surface area (Å²) in [5, 5.41) is 17.4. The summed E-state index contributed by atoms with van der Waals surface area (Å²) in [6.45, 7) is 5.05. The highest BCUT2D eigenvalue weighted by Gasteiger charge is 2.37. The third kappa shape index (κ3) is 4.14. The molecule has 0 bridgehead atoms. The van der Waals surface area contributed by atoms with E-state index in [1.54, 1.807) is 18.6 Å². The van der Waals surface area contributed by atoms with Gasteiger partial charge in [-0.15, -0.1) is 0 Å². The van der Waals surface area contributed by atoms with Crippen molar-refractivity contribution in [2.75, 3.05) is 24.5 Å². The molecule has 1 fully saturated rings. The van der Waals surface area contributed by atoms with Crippen LogP contribution in [0, 0.1) is 13.8 Å². The van der Waals surface area contributed by atoms with Crippen LogP contribution in [0.5, 0.6) is 0 Å². The molecule has 1 aliphatic heterocycles. The number of aliphatic hydroxyl groups is 1. The smallest absolute Gasteiger partial charge is 0.220 e. The van der Waals surface area contributed by atoms with Gasteiger partial charge in [0.2, 0.25) is 5.91 Å². The number of hydrogen-bond donors (Lipinski definition) is 2. The number of nitrogens with one attached hydrogen (secondary N) is 1. The maximum Gasteiger partial charge on any atom is 0.220 e. The van der Waals surface area contributed by atoms with E-state index < -0.39 is 5.60 Å². The molecule has 8 heteroatoms. The zero-order chi connectivity index (χ0) is 17.9. The molecule has 3 rings (SSSR count). The van der Waals surface area contributed by atoms with Crippen molar-refractivity contribution in [3.8, 4) is 0 Å². The topological polar surface area (TPSA) is 104 Å². The molecule has 8 nitrogen and oxygen atoms in total. The van der Waals surface area contributed by atoms with Crippen LogP contribution in [0.4, 0.5) is 5.82 Å². The number of carbonyl (C=O) groups excluding carboxylic acids is 1. The van der Waals surface area contributed by atoms with Gasteiger partial charge in [0.25, 0.3) is 0 Å². The average Bonchev–Trinajstić information content (AvgIpc) is 3.16. The molecule has 2 aromatic heterocycles. The Balaban J connectivity index is 1.47. The Bertz CT molecular complexity index is 714. The fourth-order valence-electron chi connectivity index (χ4n) is 3.10. The van der Waals surface area contributed by atoms with Crippen molar-refractivity contribution in [1.29, 1.82) is 0 Å². The number of rotatable bonds is 6. The van der Waals surface area contributed by atoms with Crippen molar-refractivity contribution in [3.63, 3.8) is 0 Å². The predicted molar refractivity (Wildman–Crippen MR) is 91.1 cm³/mol. The van der Waals surface area contributed by atoms with Gasteiger partial charge in [-0.05, 0) is 26.7 Å². The molecule has 2 N–H and O–H groups in total. The van der Waals surface area contributed by atoms with Crippen LogP contribution < -0.4 is 10.2 Å². The van der Waals surface area contributed by atoms with Gasteiger partial charge in [-0.2, -0.15) is 0 Å². The van der Waals surface area contributed by atoms with Crippen LogP contribution >= 0.6 is 0 Å². The molecule has 134 valence electrons. The van der Waals surface area contributed by atoms with Gasteiger partial charge in [-0.25, -0.2) is 4.98 Å². The summed E-state index contributed by atoms with van der Waals surface area (Å²) < 4.78 is 5.10. The lowest BCUT2D eigenvalue weighted by atomic mass is 10.0. The molecule has 2 aromatic rings. The summed E-state index contributed by atoms with van der Waals surface area (Å²) in [6, 6.07) is 0. The fourth-order valence-corrected chi connectivity index (χ4v) is 3.10. The Morgan fingerprint density at radius 3 is 2.96 bits per heavy atom. The first-order chi connectivity index (χ1) is 12.0. The molecule has 0 unspecified atom stereocenters. The normalized spacial score (nSPS) is 20.0. The number of nitrogens with zero attached hydrogens (tertiary/aromatic N) is 4. The number of carbonyl (C=O) groups is 1. The molecular weight excluding hydrogens is 322 g/mol. The van der Waals surface area contributed by atoms with Crippen LogP contribution in [0.1, 0.15) is 29.9 Å². The second kappa shape index (κ2) is 7.18. The summed E-state index contributed by atoms with van der Waals surface area (Å²) in [4.78, 5) is 22.4. The number of aromatic nitrogens is 3. The maximum atomic E-state index is 12.1. The third-order valence-electron chi connectivity index (χ3n) is 4.60. The minimum absolute atomic E-state index is 0.0913. The number of hydrogen-bond acceptors (Lipinski definition) is 7. The third-order valence-corrected chi connectivity index (χ3v) is 4.60. The van der Waals surface area contributed by atoms with Gasteiger partial charge in [0, 0.05) is 44.0 Å². The zero-order valence-electron chi connectivity index (χ0n) is 14.5. The van der Waals surface area contributed by atoms with E-state index in [4.69, 9.17) is 4.52 Å². The molecule has 0 spiro atoms. The lowest BCUT2D eigenvalue weighted by molar-refractivity contribution is -0.122. The fraction of sp³-hybridized carbons (Fsp3) is 0.529. The molecule has 1 saturated heterocycles. The number of aryl methyl sites for hydroxylation is 2. The Morgan fingerprint density at radius 2 is 2.28 bits per heavy atom. The standard InChI is InChI=1S/C17H23N5O3/c1-12-14(13(2)25-21-12)3-4-16(23)20-10-17(24)5-8-22(11-17)15-9-18-6-7-19-15/h6-7,9,24H,3-5,8,10-11H2,1-2H3,(H,20,23)/t17-/m1/s1. The van der Waals surface area contributed by atoms with Crippen LogP contribution in [0.15, 0.2) is 23.1 Å². The second-order valence-corrected chi connectivity index (χ2v) is 6.54. The summed E-state index contributed by atoms with van der Waals surface area (Å²) in [5.41, 5.74) is 0.846. The highest BCUT2D eigenvalue weighted by Crippen LogP contribution is 2.24. The van der Waals surface area contributed by atoms with Gasteiger partial charge >= 0.3 is 0 Å². The van der Waals surface area contributed by atoms with Gasteiger partial charge < -0.3 is 19.8 Å². The Labute approximate surface area is 146 Å². The number of anilines is 1. The van der Waals surface area contributed by atoms with E-state index in [1.165, 1.54) is 0 Å². The van der Waals surface area contributed by atoms with Crippen molar-refractivity contribution >= 4 is 11.7 Å². The van der Waals surface area contributed by atoms with Crippen molar-refractivity contribution in [2.45, 2.75) is 38.7 Å². The first-order valence-electron chi connectivity index (χ1n) is 8.39. The zero-order valence-corrected chi connectivity index (χ0v) is 14.5. The maximum absolute atomic E-state index is 12.1. The average molecular weight is 345 g/mol. The van der Waals surface area contributed by atoms with Crippen LogP contribution in [0.25, 0.3) is 0 Å². The molecule has 1 atom stereocenters. The van der Waals surface area contributed by atoms with Gasteiger partial charge in [0.15, 0.2) is 0 Å². The summed E-state index contributed by atoms with van der Waals surface area (Å²) in [5.74, 6) is 1.40. The first-order valence-corrected chi connectivity index (χ1v) is 8.39. The van der Waals surface area contributed by atoms with E-state index in [-0.39, 0.29) is 12.5 Å². The summed E-state index contributed by atoms with van der Waals surface area (Å²) >= 11 is 0. The molecular formula is C17H23N5O3. The van der Waals surface area contributed by atoms with Crippen molar-refractivity contribution in [1.82, 2.24) is 20.4 Å². The Hall–Kier alpha value is -2.48. The van der Waals surface area contributed by atoms with E-state index in [1.807, 2.05) is 18.7 Å². The molecule has 25 heavy (non-hydrogen) atoms. The summed E-state index contributed by atoms with van der Waals surface area (Å²) in [6.07, 6.45) is 6.42. The van der Waals surface area contributed by atoms with Gasteiger partial charge in [-0.3, -0.25) is 9.78 Å². The van der Waals surface area contributed by atoms with Crippen molar-refractivity contribution < 1.29 is 14.4 Å². The minimum atomic E-state index is -0.948. The summed E-state index contributed by atoms with van der Waals surface area (Å²) in [7, 11) is 0. The van der Waals surface area contributed by atoms with Crippen molar-refractivity contribution in [2.24, 2.45) is 0 Å². The highest BCUT2D eigenvalue weighted by atomic mass is 16.5. The van der Waals surface area contributed by atoms with Gasteiger partial charge in [0.05, 0.1) is 11.9 Å². The minimum Gasteiger partial charge on any atom is -0.386 e. The van der Waals surface area contributed by atoms with Gasteiger partial charge in [-0.1, -0.05) is 5.16 Å². The monoisotopic (exact) mass is 345 g/mol. The molecule has 1 aliphatic rings. The lowest BCUT2D eigenvalue weighted by Crippen LogP contribution is -2.45. The quantitative estimate of drug-likeness (QED) is 0.797. The van der Waals surface area contributed by atoms with Crippen LogP contribution in [0.3, 0.4) is 0 Å². The first kappa shape index (κ1) is 17.3. The van der Waals surface area contributed by atoms with Crippen LogP contribution in [-0.2, 0) is 11.2 Å². The van der Waals surface area contributed by atoms with E-state index in [9.17, 15) is 9.90 Å². The van der Waals surface area contributed by atoms with Crippen LogP contribution in [0.2, 0.25) is 0 Å². The molecule has 1 amide bonds. The largest absolute Gasteiger partial charge is 0.386 e. The lowest BCUT2D eigenvalue weighted by Gasteiger charge is -2.24. The molecule has 0 saturated carbocycles. The SMILES string of the molecule is Cc1noc(C)c1CCC(=O)NC[C@]1(O)CCN(c2cnccn2)C1. The molecule has 0 radical (unpaired) electrons. The number of β-amino-alcohol motifs (C(OH)–C–C–N with tert-alkyl or cyclic N) is 1. The number of amides is 1. The van der Waals surface area contributed by atoms with E-state index in [0.29, 0.717) is 32.4 Å². The van der Waals surface area contributed by atoms with Crippen LogP contribution in [-0.4, -0.2) is 51.4 Å². The van der Waals surface area contributed by atoms with Crippen molar-refractivity contribution in [3.05, 3.63) is 35.6 Å². The van der Waals surface area contributed by atoms with E-state index in [2.05, 4.69) is 20.4 Å². The highest BCUT2D eigenvalue weighted by molar-refractivity contribution is 5.76. The van der Waals surface area contributed by atoms with E-state index >= 15 is 0 Å².